The van der Waals surface area contributed by atoms with Gasteiger partial charge in [-0.25, -0.2) is 0 Å². The van der Waals surface area contributed by atoms with Crippen molar-refractivity contribution in [3.8, 4) is 0 Å². The molecule has 0 aromatic heterocycles. The van der Waals surface area contributed by atoms with E-state index in [9.17, 15) is 9.59 Å². The average molecular weight is 167 g/mol. The van der Waals surface area contributed by atoms with Crippen molar-refractivity contribution in [3.63, 3.8) is 0 Å². The Bertz CT molecular complexity index is 233. The predicted octanol–water partition coefficient (Wildman–Crippen LogP) is 0.752. The Labute approximate surface area is 72.0 Å². The van der Waals surface area contributed by atoms with Crippen LogP contribution < -0.4 is 0 Å². The van der Waals surface area contributed by atoms with Gasteiger partial charge in [0.1, 0.15) is 5.78 Å². The van der Waals surface area contributed by atoms with Gasteiger partial charge in [0.25, 0.3) is 0 Å². The lowest BCUT2D eigenvalue weighted by Gasteiger charge is -2.21. The smallest absolute Gasteiger partial charge is 0.220 e. The number of carbonyl (C=O) groups is 2. The number of rotatable bonds is 2. The molecule has 0 bridgehead atoms. The molecule has 1 amide bonds. The molecule has 0 aromatic rings. The highest BCUT2D eigenvalue weighted by Crippen LogP contribution is 2.13. The molecule has 1 heterocycles. The van der Waals surface area contributed by atoms with Gasteiger partial charge in [0.15, 0.2) is 0 Å². The largest absolute Gasteiger partial charge is 0.332 e. The summed E-state index contributed by atoms with van der Waals surface area (Å²) in [4.78, 5) is 23.5. The summed E-state index contributed by atoms with van der Waals surface area (Å²) in [5, 5.41) is 0. The summed E-state index contributed by atoms with van der Waals surface area (Å²) in [6.07, 6.45) is 4.29. The number of hydrogen-bond acceptors (Lipinski definition) is 2. The van der Waals surface area contributed by atoms with Crippen LogP contribution in [0, 0.1) is 0 Å². The number of ketones is 1. The number of amides is 1. The van der Waals surface area contributed by atoms with Gasteiger partial charge >= 0.3 is 0 Å². The number of hydrogen-bond donors (Lipinski definition) is 0. The lowest BCUT2D eigenvalue weighted by atomic mass is 10.1. The quantitative estimate of drug-likeness (QED) is 0.569. The third-order valence-corrected chi connectivity index (χ3v) is 1.96. The molecule has 1 aliphatic rings. The van der Waals surface area contributed by atoms with Crippen LogP contribution in [-0.4, -0.2) is 29.2 Å². The van der Waals surface area contributed by atoms with Crippen LogP contribution in [0.15, 0.2) is 12.2 Å². The van der Waals surface area contributed by atoms with E-state index in [1.165, 1.54) is 6.92 Å². The second-order valence-corrected chi connectivity index (χ2v) is 3.07. The molecule has 0 aliphatic carbocycles. The van der Waals surface area contributed by atoms with Crippen LogP contribution in [0.25, 0.3) is 0 Å². The first-order valence-corrected chi connectivity index (χ1v) is 4.04. The Morgan fingerprint density at radius 3 is 2.67 bits per heavy atom. The maximum Gasteiger partial charge on any atom is 0.220 e. The molecule has 0 spiro atoms. The van der Waals surface area contributed by atoms with Crippen molar-refractivity contribution in [1.82, 2.24) is 4.90 Å². The molecule has 0 saturated carbocycles. The molecule has 0 radical (unpaired) electrons. The van der Waals surface area contributed by atoms with E-state index >= 15 is 0 Å². The summed E-state index contributed by atoms with van der Waals surface area (Å²) in [6.45, 7) is 3.72. The van der Waals surface area contributed by atoms with E-state index < -0.39 is 0 Å². The SMILES string of the molecule is CC(=O)C[C@@H]1C=CCN1C(C)=O. The van der Waals surface area contributed by atoms with Crippen molar-refractivity contribution in [3.05, 3.63) is 12.2 Å². The fraction of sp³-hybridized carbons (Fsp3) is 0.556. The van der Waals surface area contributed by atoms with E-state index in [2.05, 4.69) is 0 Å². The zero-order valence-corrected chi connectivity index (χ0v) is 7.41. The van der Waals surface area contributed by atoms with Gasteiger partial charge in [-0.3, -0.25) is 9.59 Å². The minimum Gasteiger partial charge on any atom is -0.332 e. The lowest BCUT2D eigenvalue weighted by Crippen LogP contribution is -2.35. The molecule has 1 aliphatic heterocycles. The molecular weight excluding hydrogens is 154 g/mol. The molecule has 0 N–H and O–H groups in total. The van der Waals surface area contributed by atoms with E-state index in [4.69, 9.17) is 0 Å². The second kappa shape index (κ2) is 3.52. The molecule has 1 atom stereocenters. The highest BCUT2D eigenvalue weighted by molar-refractivity contribution is 5.79. The molecule has 12 heavy (non-hydrogen) atoms. The van der Waals surface area contributed by atoms with Gasteiger partial charge in [-0.1, -0.05) is 12.2 Å². The molecule has 66 valence electrons. The molecular formula is C9H13NO2. The fourth-order valence-corrected chi connectivity index (χ4v) is 1.41. The van der Waals surface area contributed by atoms with Crippen molar-refractivity contribution in [2.24, 2.45) is 0 Å². The Kier molecular flexibility index (Phi) is 2.63. The first-order chi connectivity index (χ1) is 5.61. The van der Waals surface area contributed by atoms with E-state index in [1.807, 2.05) is 12.2 Å². The maximum atomic E-state index is 11.0. The average Bonchev–Trinajstić information content (AvgIpc) is 2.33. The van der Waals surface area contributed by atoms with E-state index in [1.54, 1.807) is 11.8 Å². The van der Waals surface area contributed by atoms with Gasteiger partial charge in [0.2, 0.25) is 5.91 Å². The summed E-state index contributed by atoms with van der Waals surface area (Å²) in [5.74, 6) is 0.157. The standard InChI is InChI=1S/C9H13NO2/c1-7(11)6-9-4-3-5-10(9)8(2)12/h3-4,9H,5-6H2,1-2H3/t9-/m0/s1. The summed E-state index contributed by atoms with van der Waals surface area (Å²) < 4.78 is 0. The highest BCUT2D eigenvalue weighted by Gasteiger charge is 2.22. The predicted molar refractivity (Wildman–Crippen MR) is 45.6 cm³/mol. The number of nitrogens with zero attached hydrogens (tertiary/aromatic N) is 1. The maximum absolute atomic E-state index is 11.0. The third kappa shape index (κ3) is 1.94. The topological polar surface area (TPSA) is 37.4 Å². The molecule has 3 heteroatoms. The van der Waals surface area contributed by atoms with E-state index in [-0.39, 0.29) is 17.7 Å². The zero-order valence-electron chi connectivity index (χ0n) is 7.41. The van der Waals surface area contributed by atoms with Crippen LogP contribution in [-0.2, 0) is 9.59 Å². The van der Waals surface area contributed by atoms with Crippen LogP contribution in [0.3, 0.4) is 0 Å². The summed E-state index contributed by atoms with van der Waals surface area (Å²) >= 11 is 0. The lowest BCUT2D eigenvalue weighted by molar-refractivity contribution is -0.129. The minimum atomic E-state index is -0.000000000000000222. The van der Waals surface area contributed by atoms with Crippen LogP contribution >= 0.6 is 0 Å². The first kappa shape index (κ1) is 8.97. The van der Waals surface area contributed by atoms with Crippen molar-refractivity contribution < 1.29 is 9.59 Å². The molecule has 0 fully saturated rings. The molecule has 0 saturated heterocycles. The first-order valence-electron chi connectivity index (χ1n) is 4.04. The zero-order chi connectivity index (χ0) is 9.14. The van der Waals surface area contributed by atoms with E-state index in [0.717, 1.165) is 0 Å². The summed E-state index contributed by atoms with van der Waals surface area (Å²) in [5.41, 5.74) is 0. The molecule has 1 rings (SSSR count). The Hall–Kier alpha value is -1.12. The van der Waals surface area contributed by atoms with Crippen molar-refractivity contribution in [2.75, 3.05) is 6.54 Å². The van der Waals surface area contributed by atoms with Crippen LogP contribution in [0.4, 0.5) is 0 Å². The van der Waals surface area contributed by atoms with Gasteiger partial charge < -0.3 is 4.90 Å². The highest BCUT2D eigenvalue weighted by atomic mass is 16.2. The Balaban J connectivity index is 2.57. The number of Topliss-reactive ketones (excluding diaryl/α,β-unsaturated/α-hetero) is 1. The van der Waals surface area contributed by atoms with Gasteiger partial charge in [-0.05, 0) is 6.92 Å². The van der Waals surface area contributed by atoms with Crippen LogP contribution in [0.5, 0.6) is 0 Å². The monoisotopic (exact) mass is 167 g/mol. The van der Waals surface area contributed by atoms with E-state index in [0.29, 0.717) is 13.0 Å². The normalized spacial score (nSPS) is 21.5. The summed E-state index contributed by atoms with van der Waals surface area (Å²) in [7, 11) is 0. The van der Waals surface area contributed by atoms with Gasteiger partial charge in [-0.15, -0.1) is 0 Å². The van der Waals surface area contributed by atoms with Crippen LogP contribution in [0.1, 0.15) is 20.3 Å². The molecule has 3 nitrogen and oxygen atoms in total. The molecule has 0 unspecified atom stereocenters. The molecule has 0 aromatic carbocycles. The van der Waals surface area contributed by atoms with Gasteiger partial charge in [0.05, 0.1) is 6.04 Å². The Morgan fingerprint density at radius 2 is 2.17 bits per heavy atom. The minimum absolute atomic E-state index is 0.000000000000000222. The van der Waals surface area contributed by atoms with Crippen LogP contribution in [0.2, 0.25) is 0 Å². The third-order valence-electron chi connectivity index (χ3n) is 1.96. The second-order valence-electron chi connectivity index (χ2n) is 3.07. The fourth-order valence-electron chi connectivity index (χ4n) is 1.41. The Morgan fingerprint density at radius 1 is 1.50 bits per heavy atom. The van der Waals surface area contributed by atoms with Crippen molar-refractivity contribution in [2.45, 2.75) is 26.3 Å². The van der Waals surface area contributed by atoms with Gasteiger partial charge in [-0.2, -0.15) is 0 Å². The summed E-state index contributed by atoms with van der Waals surface area (Å²) in [6, 6.07) is -0.000000000000000222. The van der Waals surface area contributed by atoms with Gasteiger partial charge in [0, 0.05) is 19.9 Å². The van der Waals surface area contributed by atoms with Crippen molar-refractivity contribution >= 4 is 11.7 Å². The van der Waals surface area contributed by atoms with Crippen molar-refractivity contribution in [1.29, 1.82) is 0 Å². The number of carbonyl (C=O) groups excluding carboxylic acids is 2.